The highest BCUT2D eigenvalue weighted by Gasteiger charge is 2.11. The molecule has 0 amide bonds. The van der Waals surface area contributed by atoms with E-state index in [1.807, 2.05) is 335 Å². The maximum Gasteiger partial charge on any atom is 0.336 e. The molecule has 0 fully saturated rings. The van der Waals surface area contributed by atoms with Gasteiger partial charge in [-0.3, -0.25) is 0 Å². The number of hydrogen-bond acceptors (Lipinski definition) is 16. The van der Waals surface area contributed by atoms with Gasteiger partial charge in [-0.1, -0.05) is 305 Å². The van der Waals surface area contributed by atoms with Crippen molar-refractivity contribution in [3.05, 3.63) is 389 Å². The lowest BCUT2D eigenvalue weighted by Crippen LogP contribution is -2.11. The van der Waals surface area contributed by atoms with Crippen LogP contribution in [-0.4, -0.2) is 82.6 Å². The van der Waals surface area contributed by atoms with E-state index >= 15 is 0 Å². The first kappa shape index (κ1) is 108. The third-order valence-electron chi connectivity index (χ3n) is 20.1. The summed E-state index contributed by atoms with van der Waals surface area (Å²) < 4.78 is 51.8. The molecule has 0 radical (unpaired) electrons. The lowest BCUT2D eigenvalue weighted by molar-refractivity contribution is -0.143. The second-order valence-corrected chi connectivity index (χ2v) is 30.0. The van der Waals surface area contributed by atoms with Crippen LogP contribution in [-0.2, 0) is 43.0 Å². The van der Waals surface area contributed by atoms with Gasteiger partial charge in [-0.15, -0.1) is 0 Å². The molecule has 0 heterocycles. The molecule has 684 valence electrons. The molecule has 0 saturated heterocycles. The Morgan fingerprint density at radius 3 is 0.708 bits per heavy atom. The first-order chi connectivity index (χ1) is 62.8. The van der Waals surface area contributed by atoms with Gasteiger partial charge in [0.2, 0.25) is 0 Å². The molecule has 0 aromatic heterocycles. The smallest absolute Gasteiger partial charge is 0.336 e. The van der Waals surface area contributed by atoms with Gasteiger partial charge >= 0.3 is 35.8 Å². The Labute approximate surface area is 773 Å². The summed E-state index contributed by atoms with van der Waals surface area (Å²) >= 11 is 0. The molecule has 9 aromatic carbocycles. The molecule has 0 aliphatic carbocycles. The van der Waals surface area contributed by atoms with E-state index in [0.717, 1.165) is 106 Å². The largest absolute Gasteiger partial charge is 0.497 e. The van der Waals surface area contributed by atoms with E-state index in [2.05, 4.69) is 41.5 Å². The zero-order valence-electron chi connectivity index (χ0n) is 78.9. The number of hydrogen-bond donors (Lipinski definition) is 0. The fourth-order valence-corrected chi connectivity index (χ4v) is 10.9. The Morgan fingerprint density at radius 1 is 0.246 bits per heavy atom. The quantitative estimate of drug-likeness (QED) is 0.0117. The zero-order valence-corrected chi connectivity index (χ0v) is 78.9. The van der Waals surface area contributed by atoms with E-state index in [1.54, 1.807) is 77.0 Å². The van der Waals surface area contributed by atoms with Gasteiger partial charge in [-0.2, -0.15) is 0 Å². The predicted octanol–water partition coefficient (Wildman–Crippen LogP) is 27.6. The van der Waals surface area contributed by atoms with Crippen LogP contribution < -0.4 is 33.2 Å². The fraction of sp³-hybridized carbons (Fsp3) is 0.263. The molecule has 0 bridgehead atoms. The van der Waals surface area contributed by atoms with Crippen LogP contribution in [0.25, 0.3) is 36.5 Å². The lowest BCUT2D eigenvalue weighted by atomic mass is 9.99. The van der Waals surface area contributed by atoms with Crippen LogP contribution in [0.15, 0.2) is 328 Å². The van der Waals surface area contributed by atoms with Crippen molar-refractivity contribution in [1.29, 1.82) is 0 Å². The molecule has 0 N–H and O–H groups in total. The molecule has 9 rings (SSSR count). The summed E-state index contributed by atoms with van der Waals surface area (Å²) in [7, 11) is 6.56. The number of benzene rings is 9. The van der Waals surface area contributed by atoms with E-state index in [0.29, 0.717) is 35.0 Å². The number of allylic oxidation sites excluding steroid dienone is 12. The van der Waals surface area contributed by atoms with Crippen molar-refractivity contribution in [3.8, 4) is 40.2 Å². The summed E-state index contributed by atoms with van der Waals surface area (Å²) in [4.78, 5) is 69.5. The molecule has 6 atom stereocenters. The minimum absolute atomic E-state index is 0.0229. The lowest BCUT2D eigenvalue weighted by Gasteiger charge is -2.09. The number of carbonyl (C=O) groups excluding carboxylic acids is 6. The summed E-state index contributed by atoms with van der Waals surface area (Å²) in [6.07, 6.45) is 46.7. The SMILES string of the molecule is CCC(C)OC(=O)/C=C/C=C/c1cc(OC)ccc1C.CCC(C)OC(=O)/C=C/C=C/c1ccc(OC)cc1.CCC(C)OC(=O)/C=C/C=C/c1ccccc1.CCC(C)c1ccc(OC(=O)/C=C/C=C/c2cc(OC)ccc2C)cc1.CCC(C)c1ccc(OC(=O)/C=C/C=C/c2ccc(OC)cc2)cc1.CCC(C)c1ccc(OC(=O)/C=C/C=C/c2ccccc2)cc1. The molecule has 16 heteroatoms. The van der Waals surface area contributed by atoms with Gasteiger partial charge in [0.05, 0.1) is 46.8 Å². The maximum atomic E-state index is 11.9. The molecule has 9 aromatic rings. The molecule has 0 aliphatic heterocycles. The Balaban J connectivity index is 0.000000329. The van der Waals surface area contributed by atoms with Crippen molar-refractivity contribution in [3.63, 3.8) is 0 Å². The third-order valence-corrected chi connectivity index (χ3v) is 20.1. The topological polar surface area (TPSA) is 195 Å². The molecular formula is C114H132O16. The van der Waals surface area contributed by atoms with Crippen molar-refractivity contribution < 1.29 is 76.1 Å². The van der Waals surface area contributed by atoms with E-state index in [4.69, 9.17) is 47.4 Å². The van der Waals surface area contributed by atoms with Crippen LogP contribution >= 0.6 is 0 Å². The first-order valence-corrected chi connectivity index (χ1v) is 44.1. The van der Waals surface area contributed by atoms with Crippen molar-refractivity contribution in [1.82, 2.24) is 0 Å². The van der Waals surface area contributed by atoms with Crippen LogP contribution in [0.4, 0.5) is 0 Å². The van der Waals surface area contributed by atoms with Gasteiger partial charge < -0.3 is 47.4 Å². The molecule has 16 nitrogen and oxygen atoms in total. The van der Waals surface area contributed by atoms with Gasteiger partial charge in [0.15, 0.2) is 0 Å². The van der Waals surface area contributed by atoms with Crippen LogP contribution in [0.1, 0.15) is 201 Å². The van der Waals surface area contributed by atoms with Crippen molar-refractivity contribution in [2.45, 2.75) is 172 Å². The first-order valence-electron chi connectivity index (χ1n) is 44.1. The van der Waals surface area contributed by atoms with Gasteiger partial charge in [0.25, 0.3) is 0 Å². The van der Waals surface area contributed by atoms with Crippen LogP contribution in [0.3, 0.4) is 0 Å². The van der Waals surface area contributed by atoms with Crippen LogP contribution in [0.2, 0.25) is 0 Å². The summed E-state index contributed by atoms with van der Waals surface area (Å²) in [6, 6.07) is 70.0. The molecule has 6 unspecified atom stereocenters. The van der Waals surface area contributed by atoms with Crippen LogP contribution in [0, 0.1) is 13.8 Å². The number of esters is 6. The van der Waals surface area contributed by atoms with Gasteiger partial charge in [0.1, 0.15) is 40.2 Å². The molecule has 130 heavy (non-hydrogen) atoms. The van der Waals surface area contributed by atoms with Gasteiger partial charge in [0, 0.05) is 36.5 Å². The predicted molar refractivity (Wildman–Crippen MR) is 533 cm³/mol. The normalized spacial score (nSPS) is 12.7. The highest BCUT2D eigenvalue weighted by molar-refractivity contribution is 5.87. The minimum Gasteiger partial charge on any atom is -0.497 e. The molecular weight excluding hydrogens is 1630 g/mol. The maximum absolute atomic E-state index is 11.9. The third kappa shape index (κ3) is 46.9. The molecule has 0 saturated carbocycles. The fourth-order valence-electron chi connectivity index (χ4n) is 10.9. The van der Waals surface area contributed by atoms with Crippen LogP contribution in [0.5, 0.6) is 40.2 Å². The van der Waals surface area contributed by atoms with E-state index in [9.17, 15) is 28.8 Å². The second-order valence-electron chi connectivity index (χ2n) is 30.0. The highest BCUT2D eigenvalue weighted by Crippen LogP contribution is 2.27. The Bertz CT molecular complexity index is 5180. The number of methoxy groups -OCH3 is 4. The zero-order chi connectivity index (χ0) is 95.1. The Morgan fingerprint density at radius 2 is 0.469 bits per heavy atom. The Kier molecular flexibility index (Phi) is 53.8. The van der Waals surface area contributed by atoms with Crippen molar-refractivity contribution in [2.24, 2.45) is 0 Å². The van der Waals surface area contributed by atoms with E-state index in [-0.39, 0.29) is 42.2 Å². The number of ether oxygens (including phenoxy) is 10. The molecule has 0 aliphatic rings. The van der Waals surface area contributed by atoms with Crippen molar-refractivity contribution in [2.75, 3.05) is 28.4 Å². The summed E-state index contributed by atoms with van der Waals surface area (Å²) in [6.45, 7) is 28.6. The number of carbonyl (C=O) groups is 6. The second kappa shape index (κ2) is 64.6. The average molecular weight is 1760 g/mol. The minimum atomic E-state index is -0.395. The average Bonchev–Trinajstić information content (AvgIpc) is 0.892. The van der Waals surface area contributed by atoms with E-state index < -0.39 is 11.9 Å². The van der Waals surface area contributed by atoms with Gasteiger partial charge in [-0.25, -0.2) is 28.8 Å². The molecule has 0 spiro atoms. The standard InChI is InChI=1S/C23H26O3.C22H24O3.C21H22O2.C17H22O3.C16H20O3.C15H18O2/c1-5-17(2)19-11-14-21(15-12-19)26-23(24)9-7-6-8-20-16-22(25-4)13-10-18(20)3;1-4-17(2)19-11-15-21(16-12-19)25-22(23)8-6-5-7-18-9-13-20(24-3)14-10-18;1-3-17(2)19-13-15-20(16-14-19)23-21(22)12-8-7-11-18-9-5-4-6-10-18;1-5-14(3)20-17(18)9-7-6-8-15-12-16(19-4)11-10-13(15)2;1-4-13(2)19-16(17)8-6-5-7-14-9-11-15(18-3)12-10-14;1-3-13(2)17-15(16)12-8-7-11-14-9-5-4-6-10-14/h6-17H,5H2,1-4H3;5-17H,4H2,1-3H3;4-17H,3H2,1-2H3;6-12,14H,5H2,1-4H3;5-13H,4H2,1-3H3;4-13H,3H2,1-2H3/b8-6+,9-7+;7-5+,8-6+;11-7+,12-8+;8-6+,9-7+;7-5+,8-6+;11-7+,12-8+. The monoisotopic (exact) mass is 1760 g/mol. The summed E-state index contributed by atoms with van der Waals surface area (Å²) in [5.74, 6) is 4.38. The summed E-state index contributed by atoms with van der Waals surface area (Å²) in [5.41, 5.74) is 12.4. The highest BCUT2D eigenvalue weighted by atomic mass is 16.6. The summed E-state index contributed by atoms with van der Waals surface area (Å²) in [5, 5.41) is 0. The number of aryl methyl sites for hydroxylation is 2. The van der Waals surface area contributed by atoms with Crippen molar-refractivity contribution >= 4 is 72.3 Å². The van der Waals surface area contributed by atoms with E-state index in [1.165, 1.54) is 53.1 Å². The van der Waals surface area contributed by atoms with Gasteiger partial charge in [-0.05, 0) is 237 Å². The number of rotatable bonds is 37. The Hall–Kier alpha value is -14.1.